The van der Waals surface area contributed by atoms with E-state index in [-0.39, 0.29) is 0 Å². The highest BCUT2D eigenvalue weighted by Crippen LogP contribution is 2.26. The van der Waals surface area contributed by atoms with E-state index in [0.29, 0.717) is 0 Å². The van der Waals surface area contributed by atoms with E-state index >= 15 is 0 Å². The molecule has 1 aromatic heterocycles. The molecule has 0 saturated heterocycles. The van der Waals surface area contributed by atoms with Crippen LogP contribution in [0, 0.1) is 6.92 Å². The average Bonchev–Trinajstić information content (AvgIpc) is 2.31. The Bertz CT molecular complexity index is 253. The van der Waals surface area contributed by atoms with Crippen LogP contribution in [0.15, 0.2) is 10.5 Å². The smallest absolute Gasteiger partial charge is 0.0325 e. The van der Waals surface area contributed by atoms with E-state index in [0.717, 1.165) is 19.6 Å². The highest BCUT2D eigenvalue weighted by Gasteiger charge is 2.04. The largest absolute Gasteiger partial charge is 0.329 e. The van der Waals surface area contributed by atoms with Crippen LogP contribution in [0.25, 0.3) is 0 Å². The fourth-order valence-corrected chi connectivity index (χ4v) is 2.84. The SMILES string of the molecule is Cc1sc(CN(C)CCN)cc1Br. The molecule has 1 aromatic rings. The molecule has 0 radical (unpaired) electrons. The third-order valence-corrected chi connectivity index (χ3v) is 3.97. The van der Waals surface area contributed by atoms with Crippen LogP contribution in [0.3, 0.4) is 0 Å². The van der Waals surface area contributed by atoms with Gasteiger partial charge in [0, 0.05) is 33.9 Å². The van der Waals surface area contributed by atoms with Crippen LogP contribution in [0.2, 0.25) is 0 Å². The summed E-state index contributed by atoms with van der Waals surface area (Å²) in [6.45, 7) is 4.80. The predicted molar refractivity (Wildman–Crippen MR) is 62.1 cm³/mol. The molecule has 4 heteroatoms. The highest BCUT2D eigenvalue weighted by molar-refractivity contribution is 9.10. The average molecular weight is 263 g/mol. The standard InChI is InChI=1S/C9H15BrN2S/c1-7-9(10)5-8(13-7)6-12(2)4-3-11/h5H,3-4,6,11H2,1-2H3. The summed E-state index contributed by atoms with van der Waals surface area (Å²) in [7, 11) is 2.09. The van der Waals surface area contributed by atoms with Crippen molar-refractivity contribution in [3.05, 3.63) is 20.3 Å². The lowest BCUT2D eigenvalue weighted by Gasteiger charge is -2.13. The third-order valence-electron chi connectivity index (χ3n) is 1.84. The summed E-state index contributed by atoms with van der Waals surface area (Å²) in [6.07, 6.45) is 0. The minimum atomic E-state index is 0.724. The van der Waals surface area contributed by atoms with Crippen LogP contribution >= 0.6 is 27.3 Å². The highest BCUT2D eigenvalue weighted by atomic mass is 79.9. The van der Waals surface area contributed by atoms with Crippen molar-refractivity contribution in [2.24, 2.45) is 5.73 Å². The van der Waals surface area contributed by atoms with Gasteiger partial charge in [-0.2, -0.15) is 0 Å². The molecule has 13 heavy (non-hydrogen) atoms. The Morgan fingerprint density at radius 3 is 2.77 bits per heavy atom. The van der Waals surface area contributed by atoms with E-state index in [1.54, 1.807) is 0 Å². The molecular formula is C9H15BrN2S. The van der Waals surface area contributed by atoms with E-state index in [2.05, 4.69) is 40.9 Å². The van der Waals surface area contributed by atoms with Gasteiger partial charge in [0.25, 0.3) is 0 Å². The summed E-state index contributed by atoms with van der Waals surface area (Å²) in [6, 6.07) is 2.19. The monoisotopic (exact) mass is 262 g/mol. The summed E-state index contributed by atoms with van der Waals surface area (Å²) in [5.74, 6) is 0. The Hall–Kier alpha value is 0.100. The van der Waals surface area contributed by atoms with Gasteiger partial charge in [-0.1, -0.05) is 0 Å². The number of halogens is 1. The molecule has 0 bridgehead atoms. The first kappa shape index (κ1) is 11.2. The maximum absolute atomic E-state index is 5.47. The first-order valence-corrected chi connectivity index (χ1v) is 5.88. The molecule has 1 heterocycles. The van der Waals surface area contributed by atoms with Crippen LogP contribution in [-0.4, -0.2) is 25.0 Å². The number of likely N-dealkylation sites (N-methyl/N-ethyl adjacent to an activating group) is 1. The summed E-state index contributed by atoms with van der Waals surface area (Å²) in [4.78, 5) is 4.97. The van der Waals surface area contributed by atoms with Crippen molar-refractivity contribution in [1.82, 2.24) is 4.90 Å². The number of aryl methyl sites for hydroxylation is 1. The fourth-order valence-electron chi connectivity index (χ4n) is 1.16. The van der Waals surface area contributed by atoms with Gasteiger partial charge in [0.15, 0.2) is 0 Å². The van der Waals surface area contributed by atoms with Crippen molar-refractivity contribution >= 4 is 27.3 Å². The van der Waals surface area contributed by atoms with Crippen molar-refractivity contribution in [2.45, 2.75) is 13.5 Å². The molecule has 0 aliphatic rings. The topological polar surface area (TPSA) is 29.3 Å². The van der Waals surface area contributed by atoms with Crippen LogP contribution in [0.1, 0.15) is 9.75 Å². The molecule has 0 saturated carbocycles. The van der Waals surface area contributed by atoms with Crippen LogP contribution in [-0.2, 0) is 6.54 Å². The molecule has 0 amide bonds. The number of nitrogens with two attached hydrogens (primary N) is 1. The Kier molecular flexibility index (Phi) is 4.38. The number of rotatable bonds is 4. The lowest BCUT2D eigenvalue weighted by atomic mass is 10.4. The summed E-state index contributed by atoms with van der Waals surface area (Å²) >= 11 is 5.35. The van der Waals surface area contributed by atoms with Crippen molar-refractivity contribution in [3.8, 4) is 0 Å². The van der Waals surface area contributed by atoms with Crippen LogP contribution in [0.4, 0.5) is 0 Å². The molecule has 0 unspecified atom stereocenters. The van der Waals surface area contributed by atoms with Gasteiger partial charge in [-0.15, -0.1) is 11.3 Å². The third kappa shape index (κ3) is 3.38. The van der Waals surface area contributed by atoms with E-state index in [1.807, 2.05) is 11.3 Å². The second-order valence-electron chi connectivity index (χ2n) is 3.14. The Balaban J connectivity index is 2.53. The molecular weight excluding hydrogens is 248 g/mol. The quantitative estimate of drug-likeness (QED) is 0.902. The van der Waals surface area contributed by atoms with E-state index in [1.165, 1.54) is 14.2 Å². The Morgan fingerprint density at radius 1 is 1.62 bits per heavy atom. The lowest BCUT2D eigenvalue weighted by Crippen LogP contribution is -2.24. The zero-order chi connectivity index (χ0) is 9.84. The molecule has 0 atom stereocenters. The van der Waals surface area contributed by atoms with Crippen LogP contribution in [0.5, 0.6) is 0 Å². The fraction of sp³-hybridized carbons (Fsp3) is 0.556. The lowest BCUT2D eigenvalue weighted by molar-refractivity contribution is 0.339. The Morgan fingerprint density at radius 2 is 2.31 bits per heavy atom. The van der Waals surface area contributed by atoms with Gasteiger partial charge in [-0.3, -0.25) is 0 Å². The number of nitrogens with zero attached hydrogens (tertiary/aromatic N) is 1. The minimum Gasteiger partial charge on any atom is -0.329 e. The zero-order valence-corrected chi connectivity index (χ0v) is 10.4. The number of thiophene rings is 1. The van der Waals surface area contributed by atoms with Gasteiger partial charge in [-0.25, -0.2) is 0 Å². The first-order chi connectivity index (χ1) is 6.13. The molecule has 1 rings (SSSR count). The van der Waals surface area contributed by atoms with Crippen molar-refractivity contribution in [3.63, 3.8) is 0 Å². The Labute approximate surface area is 91.9 Å². The van der Waals surface area contributed by atoms with E-state index in [9.17, 15) is 0 Å². The van der Waals surface area contributed by atoms with Gasteiger partial charge < -0.3 is 10.6 Å². The summed E-state index contributed by atoms with van der Waals surface area (Å²) < 4.78 is 1.22. The van der Waals surface area contributed by atoms with Crippen molar-refractivity contribution < 1.29 is 0 Å². The zero-order valence-electron chi connectivity index (χ0n) is 8.01. The maximum Gasteiger partial charge on any atom is 0.0325 e. The van der Waals surface area contributed by atoms with Gasteiger partial charge in [0.2, 0.25) is 0 Å². The van der Waals surface area contributed by atoms with Crippen LogP contribution < -0.4 is 5.73 Å². The molecule has 2 nitrogen and oxygen atoms in total. The summed E-state index contributed by atoms with van der Waals surface area (Å²) in [5.41, 5.74) is 5.47. The van der Waals surface area contributed by atoms with E-state index in [4.69, 9.17) is 5.73 Å². The normalized spacial score (nSPS) is 11.2. The molecule has 2 N–H and O–H groups in total. The van der Waals surface area contributed by atoms with Gasteiger partial charge in [-0.05, 0) is 36.0 Å². The maximum atomic E-state index is 5.47. The molecule has 0 aliphatic carbocycles. The van der Waals surface area contributed by atoms with E-state index < -0.39 is 0 Å². The predicted octanol–water partition coefficient (Wildman–Crippen LogP) is 2.21. The molecule has 74 valence electrons. The minimum absolute atomic E-state index is 0.724. The molecule has 0 aromatic carbocycles. The second-order valence-corrected chi connectivity index (χ2v) is 5.34. The van der Waals surface area contributed by atoms with Crippen molar-refractivity contribution in [1.29, 1.82) is 0 Å². The number of hydrogen-bond acceptors (Lipinski definition) is 3. The molecule has 0 fully saturated rings. The van der Waals surface area contributed by atoms with Gasteiger partial charge >= 0.3 is 0 Å². The molecule has 0 aliphatic heterocycles. The summed E-state index contributed by atoms with van der Waals surface area (Å²) in [5, 5.41) is 0. The first-order valence-electron chi connectivity index (χ1n) is 4.27. The second kappa shape index (κ2) is 5.10. The molecule has 0 spiro atoms. The number of hydrogen-bond donors (Lipinski definition) is 1. The van der Waals surface area contributed by atoms with Gasteiger partial charge in [0.1, 0.15) is 0 Å². The van der Waals surface area contributed by atoms with Gasteiger partial charge in [0.05, 0.1) is 0 Å². The van der Waals surface area contributed by atoms with Crippen molar-refractivity contribution in [2.75, 3.05) is 20.1 Å².